The van der Waals surface area contributed by atoms with E-state index in [2.05, 4.69) is 13.5 Å². The minimum Gasteiger partial charge on any atom is -0.493 e. The summed E-state index contributed by atoms with van der Waals surface area (Å²) in [6, 6.07) is 0. The van der Waals surface area contributed by atoms with Gasteiger partial charge in [0.1, 0.15) is 5.76 Å². The third kappa shape index (κ3) is 8.79. The second-order valence-electron chi connectivity index (χ2n) is 4.37. The van der Waals surface area contributed by atoms with Crippen molar-refractivity contribution in [2.24, 2.45) is 0 Å². The molecule has 0 fully saturated rings. The first-order valence-electron chi connectivity index (χ1n) is 6.85. The van der Waals surface area contributed by atoms with Crippen LogP contribution in [0.5, 0.6) is 0 Å². The SMILES string of the molecule is C=C/C(C)=C(\C=C/C)OCCCCCCCC. The summed E-state index contributed by atoms with van der Waals surface area (Å²) in [5.74, 6) is 0.955. The molecule has 17 heavy (non-hydrogen) atoms. The highest BCUT2D eigenvalue weighted by molar-refractivity contribution is 5.25. The molecule has 0 aromatic heterocycles. The van der Waals surface area contributed by atoms with Gasteiger partial charge in [-0.3, -0.25) is 0 Å². The number of hydrogen-bond acceptors (Lipinski definition) is 1. The Bertz CT molecular complexity index is 248. The molecule has 0 spiro atoms. The molecule has 0 aliphatic heterocycles. The van der Waals surface area contributed by atoms with Crippen molar-refractivity contribution in [2.75, 3.05) is 6.61 Å². The Morgan fingerprint density at radius 3 is 2.35 bits per heavy atom. The number of allylic oxidation sites excluding steroid dienone is 4. The van der Waals surface area contributed by atoms with Crippen LogP contribution in [0, 0.1) is 0 Å². The first-order valence-corrected chi connectivity index (χ1v) is 6.85. The lowest BCUT2D eigenvalue weighted by molar-refractivity contribution is 0.214. The van der Waals surface area contributed by atoms with Gasteiger partial charge in [0.2, 0.25) is 0 Å². The van der Waals surface area contributed by atoms with Crippen molar-refractivity contribution in [1.82, 2.24) is 0 Å². The van der Waals surface area contributed by atoms with E-state index in [1.165, 1.54) is 32.1 Å². The summed E-state index contributed by atoms with van der Waals surface area (Å²) in [4.78, 5) is 0. The molecule has 0 aromatic rings. The smallest absolute Gasteiger partial charge is 0.121 e. The number of unbranched alkanes of at least 4 members (excludes halogenated alkanes) is 5. The Labute approximate surface area is 107 Å². The Hall–Kier alpha value is -0.980. The topological polar surface area (TPSA) is 9.23 Å². The predicted octanol–water partition coefficient (Wildman–Crippen LogP) is 5.40. The maximum Gasteiger partial charge on any atom is 0.121 e. The van der Waals surface area contributed by atoms with Gasteiger partial charge in [-0.05, 0) is 31.9 Å². The fourth-order valence-corrected chi connectivity index (χ4v) is 1.61. The van der Waals surface area contributed by atoms with E-state index in [9.17, 15) is 0 Å². The lowest BCUT2D eigenvalue weighted by Crippen LogP contribution is -1.95. The minimum absolute atomic E-state index is 0.816. The first kappa shape index (κ1) is 16.0. The van der Waals surface area contributed by atoms with Crippen LogP contribution in [-0.2, 0) is 4.74 Å². The molecule has 0 aliphatic rings. The lowest BCUT2D eigenvalue weighted by Gasteiger charge is -2.09. The lowest BCUT2D eigenvalue weighted by atomic mass is 10.1. The van der Waals surface area contributed by atoms with Crippen molar-refractivity contribution >= 4 is 0 Å². The molecule has 0 saturated carbocycles. The standard InChI is InChI=1S/C16H28O/c1-5-8-9-10-11-12-14-17-16(13-6-2)15(4)7-3/h6-7,13H,3,5,8-12,14H2,1-2,4H3/b13-6-,16-15+. The number of rotatable bonds is 10. The second-order valence-corrected chi connectivity index (χ2v) is 4.37. The van der Waals surface area contributed by atoms with Crippen molar-refractivity contribution in [3.05, 3.63) is 36.1 Å². The molecule has 0 saturated heterocycles. The first-order chi connectivity index (χ1) is 8.26. The number of hydrogen-bond donors (Lipinski definition) is 0. The van der Waals surface area contributed by atoms with Gasteiger partial charge in [-0.2, -0.15) is 0 Å². The molecular formula is C16H28O. The molecule has 0 amide bonds. The van der Waals surface area contributed by atoms with Crippen molar-refractivity contribution in [1.29, 1.82) is 0 Å². The average molecular weight is 236 g/mol. The molecule has 0 radical (unpaired) electrons. The maximum atomic E-state index is 5.76. The van der Waals surface area contributed by atoms with Crippen molar-refractivity contribution in [3.63, 3.8) is 0 Å². The van der Waals surface area contributed by atoms with E-state index in [1.54, 1.807) is 0 Å². The highest BCUT2D eigenvalue weighted by atomic mass is 16.5. The zero-order chi connectivity index (χ0) is 12.9. The van der Waals surface area contributed by atoms with Gasteiger partial charge in [0, 0.05) is 0 Å². The molecule has 0 rings (SSSR count). The minimum atomic E-state index is 0.816. The molecule has 98 valence electrons. The van der Waals surface area contributed by atoms with Gasteiger partial charge in [-0.15, -0.1) is 0 Å². The molecule has 0 aromatic carbocycles. The van der Waals surface area contributed by atoms with Crippen LogP contribution in [-0.4, -0.2) is 6.61 Å². The van der Waals surface area contributed by atoms with E-state index in [1.807, 2.05) is 32.1 Å². The van der Waals surface area contributed by atoms with Crippen LogP contribution in [0.15, 0.2) is 36.1 Å². The summed E-state index contributed by atoms with van der Waals surface area (Å²) in [7, 11) is 0. The van der Waals surface area contributed by atoms with Gasteiger partial charge >= 0.3 is 0 Å². The zero-order valence-electron chi connectivity index (χ0n) is 11.8. The van der Waals surface area contributed by atoms with E-state index < -0.39 is 0 Å². The zero-order valence-corrected chi connectivity index (χ0v) is 11.8. The summed E-state index contributed by atoms with van der Waals surface area (Å²) >= 11 is 0. The van der Waals surface area contributed by atoms with E-state index in [0.29, 0.717) is 0 Å². The predicted molar refractivity (Wildman–Crippen MR) is 77.0 cm³/mol. The van der Waals surface area contributed by atoms with Gasteiger partial charge in [-0.25, -0.2) is 0 Å². The van der Waals surface area contributed by atoms with Gasteiger partial charge < -0.3 is 4.74 Å². The molecule has 0 atom stereocenters. The third-order valence-corrected chi connectivity index (χ3v) is 2.77. The summed E-state index contributed by atoms with van der Waals surface area (Å²) in [5, 5.41) is 0. The third-order valence-electron chi connectivity index (χ3n) is 2.77. The Morgan fingerprint density at radius 2 is 1.76 bits per heavy atom. The molecule has 0 bridgehead atoms. The van der Waals surface area contributed by atoms with Crippen LogP contribution in [0.25, 0.3) is 0 Å². The highest BCUT2D eigenvalue weighted by Crippen LogP contribution is 2.11. The molecule has 0 unspecified atom stereocenters. The van der Waals surface area contributed by atoms with E-state index in [4.69, 9.17) is 4.74 Å². The van der Waals surface area contributed by atoms with Gasteiger partial charge in [-0.1, -0.05) is 57.8 Å². The molecular weight excluding hydrogens is 208 g/mol. The fourth-order valence-electron chi connectivity index (χ4n) is 1.61. The van der Waals surface area contributed by atoms with Crippen LogP contribution < -0.4 is 0 Å². The second kappa shape index (κ2) is 11.5. The van der Waals surface area contributed by atoms with E-state index in [0.717, 1.165) is 24.4 Å². The Kier molecular flexibility index (Phi) is 10.8. The van der Waals surface area contributed by atoms with E-state index in [-0.39, 0.29) is 0 Å². The van der Waals surface area contributed by atoms with Gasteiger partial charge in [0.15, 0.2) is 0 Å². The molecule has 1 nitrogen and oxygen atoms in total. The average Bonchev–Trinajstić information content (AvgIpc) is 2.35. The Balaban J connectivity index is 3.74. The van der Waals surface area contributed by atoms with Crippen molar-refractivity contribution < 1.29 is 4.74 Å². The largest absolute Gasteiger partial charge is 0.493 e. The summed E-state index contributed by atoms with van der Waals surface area (Å²) in [6.45, 7) is 10.9. The summed E-state index contributed by atoms with van der Waals surface area (Å²) in [5.41, 5.74) is 1.11. The van der Waals surface area contributed by atoms with Crippen LogP contribution >= 0.6 is 0 Å². The molecule has 0 N–H and O–H groups in total. The molecule has 0 heterocycles. The monoisotopic (exact) mass is 236 g/mol. The maximum absolute atomic E-state index is 5.76. The summed E-state index contributed by atoms with van der Waals surface area (Å²) in [6.07, 6.45) is 13.6. The quantitative estimate of drug-likeness (QED) is 0.280. The fraction of sp³-hybridized carbons (Fsp3) is 0.625. The van der Waals surface area contributed by atoms with Crippen LogP contribution in [0.1, 0.15) is 59.3 Å². The van der Waals surface area contributed by atoms with Crippen molar-refractivity contribution in [2.45, 2.75) is 59.3 Å². The molecule has 0 aliphatic carbocycles. The summed E-state index contributed by atoms with van der Waals surface area (Å²) < 4.78 is 5.76. The van der Waals surface area contributed by atoms with Crippen molar-refractivity contribution in [3.8, 4) is 0 Å². The van der Waals surface area contributed by atoms with Gasteiger partial charge in [0.05, 0.1) is 6.61 Å². The highest BCUT2D eigenvalue weighted by Gasteiger charge is 1.97. The van der Waals surface area contributed by atoms with E-state index >= 15 is 0 Å². The van der Waals surface area contributed by atoms with Crippen LogP contribution in [0.2, 0.25) is 0 Å². The molecule has 1 heteroatoms. The van der Waals surface area contributed by atoms with Crippen LogP contribution in [0.4, 0.5) is 0 Å². The van der Waals surface area contributed by atoms with Crippen LogP contribution in [0.3, 0.4) is 0 Å². The Morgan fingerprint density at radius 1 is 1.12 bits per heavy atom. The van der Waals surface area contributed by atoms with Gasteiger partial charge in [0.25, 0.3) is 0 Å². The normalized spacial score (nSPS) is 12.6. The number of ether oxygens (including phenoxy) is 1.